The summed E-state index contributed by atoms with van der Waals surface area (Å²) >= 11 is 7.64. The second-order valence-electron chi connectivity index (χ2n) is 33.9. The SMILES string of the molecule is COc1ccc(-c2cc(CNC34CC5CC(CC(C5)C3)C4)co2)cc1.COc1ccc(-c2ccc(CNC34CC5CC(CC(C5)C3)C4)s2)cc1.CSc1ccc(-c2ccc(CNC34CC5CC(CC(C5)C3)C4)s2)cc1.c1ccc(-c2ccc(CNC34CC5CC(CC(C5)C3)C4)s2)cc1. The zero-order chi connectivity index (χ0) is 65.8. The van der Waals surface area contributed by atoms with E-state index < -0.39 is 0 Å². The molecule has 11 heteroatoms. The molecule has 0 unspecified atom stereocenters. The van der Waals surface area contributed by atoms with Crippen LogP contribution in [0.4, 0.5) is 0 Å². The third-order valence-electron chi connectivity index (χ3n) is 26.6. The number of nitrogens with one attached hydrogen (secondary N) is 4. The number of rotatable bonds is 19. The molecule has 516 valence electrons. The van der Waals surface area contributed by atoms with E-state index in [1.54, 1.807) is 26.0 Å². The summed E-state index contributed by atoms with van der Waals surface area (Å²) in [6, 6.07) is 52.2. The molecule has 0 saturated heterocycles. The number of thiophene rings is 3. The van der Waals surface area contributed by atoms with E-state index in [2.05, 4.69) is 137 Å². The topological polar surface area (TPSA) is 79.7 Å². The van der Waals surface area contributed by atoms with Crippen molar-refractivity contribution < 1.29 is 13.9 Å². The lowest BCUT2D eigenvalue weighted by Gasteiger charge is -2.57. The number of ether oxygens (including phenoxy) is 2. The van der Waals surface area contributed by atoms with Crippen LogP contribution in [0.3, 0.4) is 0 Å². The Morgan fingerprint density at radius 2 is 0.653 bits per heavy atom. The Morgan fingerprint density at radius 3 is 0.969 bits per heavy atom. The fraction of sp³-hybridized carbons (Fsp3) is 0.540. The van der Waals surface area contributed by atoms with E-state index in [1.807, 2.05) is 76.7 Å². The van der Waals surface area contributed by atoms with E-state index in [9.17, 15) is 0 Å². The molecule has 0 aliphatic heterocycles. The van der Waals surface area contributed by atoms with E-state index in [4.69, 9.17) is 13.9 Å². The van der Waals surface area contributed by atoms with Gasteiger partial charge in [0, 0.05) is 93.6 Å². The Kier molecular flexibility index (Phi) is 19.2. The summed E-state index contributed by atoms with van der Waals surface area (Å²) in [6.45, 7) is 4.07. The van der Waals surface area contributed by atoms with Crippen molar-refractivity contribution in [3.05, 3.63) is 172 Å². The van der Waals surface area contributed by atoms with Gasteiger partial charge in [-0.15, -0.1) is 45.8 Å². The van der Waals surface area contributed by atoms with Gasteiger partial charge in [-0.2, -0.15) is 0 Å². The van der Waals surface area contributed by atoms with E-state index in [0.717, 1.165) is 120 Å². The third kappa shape index (κ3) is 14.8. The summed E-state index contributed by atoms with van der Waals surface area (Å²) in [4.78, 5) is 9.91. The summed E-state index contributed by atoms with van der Waals surface area (Å²) in [5, 5.41) is 16.0. The second kappa shape index (κ2) is 28.4. The van der Waals surface area contributed by atoms with Crippen LogP contribution in [-0.2, 0) is 26.2 Å². The Balaban J connectivity index is 0.0000000983. The second-order valence-corrected chi connectivity index (χ2v) is 38.3. The largest absolute Gasteiger partial charge is 0.497 e. The van der Waals surface area contributed by atoms with Gasteiger partial charge in [0.1, 0.15) is 17.3 Å². The molecule has 98 heavy (non-hydrogen) atoms. The first-order valence-electron chi connectivity index (χ1n) is 38.2. The lowest BCUT2D eigenvalue weighted by atomic mass is 9.53. The van der Waals surface area contributed by atoms with Gasteiger partial charge in [-0.05, 0) is 351 Å². The highest BCUT2D eigenvalue weighted by molar-refractivity contribution is 7.98. The molecule has 0 amide bonds. The Morgan fingerprint density at radius 1 is 0.357 bits per heavy atom. The minimum absolute atomic E-state index is 0.409. The maximum Gasteiger partial charge on any atom is 0.134 e. The molecule has 16 aliphatic carbocycles. The smallest absolute Gasteiger partial charge is 0.134 e. The first kappa shape index (κ1) is 66.3. The summed E-state index contributed by atoms with van der Waals surface area (Å²) in [5.41, 5.74) is 8.15. The van der Waals surface area contributed by atoms with Gasteiger partial charge in [0.05, 0.1) is 20.5 Å². The Hall–Kier alpha value is -4.95. The number of hydrogen-bond donors (Lipinski definition) is 4. The van der Waals surface area contributed by atoms with Crippen LogP contribution in [-0.4, -0.2) is 42.6 Å². The Labute approximate surface area is 601 Å². The van der Waals surface area contributed by atoms with Crippen molar-refractivity contribution in [3.8, 4) is 54.1 Å². The molecule has 16 saturated carbocycles. The van der Waals surface area contributed by atoms with Crippen LogP contribution in [0.25, 0.3) is 42.6 Å². The minimum atomic E-state index is 0.409. The van der Waals surface area contributed by atoms with Gasteiger partial charge < -0.3 is 35.2 Å². The normalized spacial score (nSPS) is 33.4. The van der Waals surface area contributed by atoms with Gasteiger partial charge in [0.2, 0.25) is 0 Å². The fourth-order valence-corrected chi connectivity index (χ4v) is 27.1. The predicted octanol–water partition coefficient (Wildman–Crippen LogP) is 22.2. The lowest BCUT2D eigenvalue weighted by molar-refractivity contribution is -0.0207. The third-order valence-corrected chi connectivity index (χ3v) is 30.7. The average Bonchev–Trinajstić information content (AvgIpc) is 0.823. The van der Waals surface area contributed by atoms with Crippen molar-refractivity contribution in [3.63, 3.8) is 0 Å². The van der Waals surface area contributed by atoms with Crippen molar-refractivity contribution in [1.82, 2.24) is 21.3 Å². The van der Waals surface area contributed by atoms with Gasteiger partial charge in [-0.1, -0.05) is 42.5 Å². The molecule has 8 aromatic rings. The number of thioether (sulfide) groups is 1. The van der Waals surface area contributed by atoms with Crippen LogP contribution < -0.4 is 30.7 Å². The molecule has 16 aliphatic rings. The molecule has 16 bridgehead atoms. The molecule has 16 fully saturated rings. The molecule has 4 heterocycles. The van der Waals surface area contributed by atoms with Crippen molar-refractivity contribution in [2.75, 3.05) is 20.5 Å². The van der Waals surface area contributed by atoms with Gasteiger partial charge in [0.25, 0.3) is 0 Å². The van der Waals surface area contributed by atoms with Crippen LogP contribution in [0.1, 0.15) is 174 Å². The zero-order valence-electron chi connectivity index (χ0n) is 58.5. The fourth-order valence-electron chi connectivity index (χ4n) is 23.8. The number of benzene rings is 4. The van der Waals surface area contributed by atoms with Crippen molar-refractivity contribution in [1.29, 1.82) is 0 Å². The molecule has 4 N–H and O–H groups in total. The lowest BCUT2D eigenvalue weighted by Crippen LogP contribution is -2.58. The number of methoxy groups -OCH3 is 2. The van der Waals surface area contributed by atoms with Gasteiger partial charge in [-0.3, -0.25) is 0 Å². The van der Waals surface area contributed by atoms with Crippen LogP contribution in [0.5, 0.6) is 11.5 Å². The zero-order valence-corrected chi connectivity index (χ0v) is 61.8. The molecule has 4 aromatic heterocycles. The first-order valence-corrected chi connectivity index (χ1v) is 41.9. The summed E-state index contributed by atoms with van der Waals surface area (Å²) < 4.78 is 16.3. The molecular formula is C87H106N4O3S4. The van der Waals surface area contributed by atoms with E-state index in [1.165, 1.54) is 211 Å². The minimum Gasteiger partial charge on any atom is -0.497 e. The monoisotopic (exact) mass is 1380 g/mol. The average molecular weight is 1380 g/mol. The van der Waals surface area contributed by atoms with Crippen molar-refractivity contribution in [2.45, 2.75) is 207 Å². The highest BCUT2D eigenvalue weighted by atomic mass is 32.2. The van der Waals surface area contributed by atoms with Crippen LogP contribution in [0.2, 0.25) is 0 Å². The van der Waals surface area contributed by atoms with Crippen LogP contribution >= 0.6 is 45.8 Å². The highest BCUT2D eigenvalue weighted by Crippen LogP contribution is 2.59. The van der Waals surface area contributed by atoms with Crippen molar-refractivity contribution >= 4 is 45.8 Å². The molecule has 0 radical (unpaired) electrons. The standard InChI is InChI=1S/C22H27NO2.C22H27NOS.C22H27NS2.C21H25NS/c1-24-20-4-2-19(3-5-20)21-9-18(14-25-21)13-23-22-10-15-6-16(11-22)8-17(7-15)12-22;2*1-24-19-4-2-18(3-5-19)21-7-6-20(25-21)14-23-22-11-15-8-16(12-22)10-17(9-15)13-22;1-2-4-18(5-3-1)20-7-6-19(23-20)14-22-21-11-15-8-16(12-21)10-17(9-15)13-21/h2-5,9,14-17,23H,6-8,10-13H2,1H3;2*2-7,15-17,23H,8-14H2,1H3;1-7,15-17,22H,8-14H2. The quantitative estimate of drug-likeness (QED) is 0.0597. The first-order chi connectivity index (χ1) is 47.9. The molecular weight excluding hydrogens is 1280 g/mol. The van der Waals surface area contributed by atoms with Gasteiger partial charge in [0.15, 0.2) is 0 Å². The van der Waals surface area contributed by atoms with E-state index in [0.29, 0.717) is 22.2 Å². The van der Waals surface area contributed by atoms with Crippen LogP contribution in [0.15, 0.2) is 161 Å². The predicted molar refractivity (Wildman–Crippen MR) is 409 cm³/mol. The van der Waals surface area contributed by atoms with Gasteiger partial charge >= 0.3 is 0 Å². The highest BCUT2D eigenvalue weighted by Gasteiger charge is 2.54. The molecule has 24 rings (SSSR count). The molecule has 0 spiro atoms. The Bertz CT molecular complexity index is 3500. The summed E-state index contributed by atoms with van der Waals surface area (Å²) in [6.07, 6.45) is 39.3. The molecule has 7 nitrogen and oxygen atoms in total. The van der Waals surface area contributed by atoms with E-state index in [-0.39, 0.29) is 0 Å². The molecule has 4 aromatic carbocycles. The number of furan rings is 1. The van der Waals surface area contributed by atoms with Crippen molar-refractivity contribution in [2.24, 2.45) is 71.0 Å². The maximum absolute atomic E-state index is 5.81. The summed E-state index contributed by atoms with van der Waals surface area (Å²) in [7, 11) is 3.41. The number of hydrogen-bond acceptors (Lipinski definition) is 11. The van der Waals surface area contributed by atoms with Crippen LogP contribution in [0, 0.1) is 71.0 Å². The van der Waals surface area contributed by atoms with Gasteiger partial charge in [-0.25, -0.2) is 0 Å². The molecule has 0 atom stereocenters. The summed E-state index contributed by atoms with van der Waals surface area (Å²) in [5.74, 6) is 14.9. The maximum atomic E-state index is 5.81. The van der Waals surface area contributed by atoms with E-state index >= 15 is 0 Å².